The Kier molecular flexibility index (Phi) is 7.69. The molecule has 0 saturated heterocycles. The minimum Gasteiger partial charge on any atom is -0.0719 e. The Morgan fingerprint density at radius 2 is 1.19 bits per heavy atom. The number of benzene rings is 1. The maximum absolute atomic E-state index is 2.54. The van der Waals surface area contributed by atoms with Crippen LogP contribution in [0, 0.1) is 0 Å². The number of hydrogen-bond donors (Lipinski definition) is 0. The molecule has 2 aliphatic carbocycles. The summed E-state index contributed by atoms with van der Waals surface area (Å²) in [5.74, 6) is 1.90. The van der Waals surface area contributed by atoms with Crippen molar-refractivity contribution in [2.75, 3.05) is 0 Å². The van der Waals surface area contributed by atoms with Gasteiger partial charge in [0.1, 0.15) is 0 Å². The maximum atomic E-state index is 2.54. The van der Waals surface area contributed by atoms with E-state index < -0.39 is 0 Å². The molecule has 0 radical (unpaired) electrons. The Hall–Kier alpha value is -0.285. The molecular formula is C24H40BP. The summed E-state index contributed by atoms with van der Waals surface area (Å²) in [6, 6.07) is 9.71. The standard InChI is InChI=1S/C24H40BP/c1-19(2)26(20(3)4)24-18-12-11-17-23(24)25(21-13-7-5-8-14-21)22-15-9-6-10-16-22/h11-12,17-22H,5-10,13-16H2,1-4H3. The van der Waals surface area contributed by atoms with Gasteiger partial charge in [0.25, 0.3) is 0 Å². The smallest absolute Gasteiger partial charge is 0.0719 e. The highest BCUT2D eigenvalue weighted by molar-refractivity contribution is 7.67. The Morgan fingerprint density at radius 1 is 0.731 bits per heavy atom. The van der Waals surface area contributed by atoms with Gasteiger partial charge in [0.05, 0.1) is 0 Å². The van der Waals surface area contributed by atoms with Gasteiger partial charge in [0.2, 0.25) is 0 Å². The highest BCUT2D eigenvalue weighted by Crippen LogP contribution is 2.46. The van der Waals surface area contributed by atoms with Crippen molar-refractivity contribution in [3.63, 3.8) is 0 Å². The lowest BCUT2D eigenvalue weighted by molar-refractivity contribution is 0.465. The minimum atomic E-state index is -0.0691. The van der Waals surface area contributed by atoms with E-state index in [-0.39, 0.29) is 7.92 Å². The van der Waals surface area contributed by atoms with E-state index in [2.05, 4.69) is 52.0 Å². The maximum Gasteiger partial charge on any atom is 0.183 e. The average molecular weight is 370 g/mol. The molecular weight excluding hydrogens is 330 g/mol. The van der Waals surface area contributed by atoms with Gasteiger partial charge in [-0.15, -0.1) is 0 Å². The Labute approximate surface area is 164 Å². The zero-order valence-corrected chi connectivity index (χ0v) is 18.6. The quantitative estimate of drug-likeness (QED) is 0.374. The molecule has 1 aromatic carbocycles. The summed E-state index contributed by atoms with van der Waals surface area (Å²) in [5.41, 5.74) is 3.34. The third-order valence-electron chi connectivity index (χ3n) is 7.00. The van der Waals surface area contributed by atoms with Crippen molar-refractivity contribution in [2.24, 2.45) is 0 Å². The summed E-state index contributed by atoms with van der Waals surface area (Å²) in [7, 11) is -0.0691. The normalized spacial score (nSPS) is 20.3. The van der Waals surface area contributed by atoms with Crippen LogP contribution in [0.1, 0.15) is 91.9 Å². The van der Waals surface area contributed by atoms with Crippen molar-refractivity contribution in [1.29, 1.82) is 0 Å². The highest BCUT2D eigenvalue weighted by Gasteiger charge is 2.38. The molecule has 0 N–H and O–H groups in total. The topological polar surface area (TPSA) is 0 Å². The van der Waals surface area contributed by atoms with Crippen molar-refractivity contribution in [1.82, 2.24) is 0 Å². The van der Waals surface area contributed by atoms with Crippen LogP contribution >= 0.6 is 7.92 Å². The molecule has 0 nitrogen and oxygen atoms in total. The zero-order valence-electron chi connectivity index (χ0n) is 17.7. The third-order valence-corrected chi connectivity index (χ3v) is 10.2. The van der Waals surface area contributed by atoms with E-state index in [1.165, 1.54) is 64.2 Å². The van der Waals surface area contributed by atoms with Crippen molar-refractivity contribution < 1.29 is 0 Å². The second kappa shape index (κ2) is 9.77. The summed E-state index contributed by atoms with van der Waals surface area (Å²) < 4.78 is 0. The summed E-state index contributed by atoms with van der Waals surface area (Å²) in [4.78, 5) is 0. The summed E-state index contributed by atoms with van der Waals surface area (Å²) in [6.07, 6.45) is 14.8. The molecule has 0 unspecified atom stereocenters. The lowest BCUT2D eigenvalue weighted by Crippen LogP contribution is -2.48. The average Bonchev–Trinajstić information content (AvgIpc) is 2.64. The first kappa shape index (κ1) is 20.4. The summed E-state index contributed by atoms with van der Waals surface area (Å²) >= 11 is 0. The largest absolute Gasteiger partial charge is 0.183 e. The molecule has 0 heterocycles. The fraction of sp³-hybridized carbons (Fsp3) is 0.750. The molecule has 26 heavy (non-hydrogen) atoms. The first-order chi connectivity index (χ1) is 12.6. The van der Waals surface area contributed by atoms with Crippen LogP contribution in [0.4, 0.5) is 0 Å². The highest BCUT2D eigenvalue weighted by atomic mass is 31.1. The van der Waals surface area contributed by atoms with Crippen LogP contribution in [-0.4, -0.2) is 18.0 Å². The van der Waals surface area contributed by atoms with E-state index in [0.29, 0.717) is 0 Å². The molecule has 1 aromatic rings. The van der Waals surface area contributed by atoms with Gasteiger partial charge in [-0.1, -0.05) is 141 Å². The van der Waals surface area contributed by atoms with Crippen LogP contribution in [0.15, 0.2) is 24.3 Å². The Balaban J connectivity index is 2.00. The summed E-state index contributed by atoms with van der Waals surface area (Å²) in [6.45, 7) is 10.7. The summed E-state index contributed by atoms with van der Waals surface area (Å²) in [5, 5.41) is 1.76. The molecule has 3 rings (SSSR count). The van der Waals surface area contributed by atoms with E-state index in [0.717, 1.165) is 29.7 Å². The van der Waals surface area contributed by atoms with Crippen LogP contribution in [0.2, 0.25) is 11.6 Å². The third kappa shape index (κ3) is 4.76. The molecule has 2 heteroatoms. The van der Waals surface area contributed by atoms with Crippen LogP contribution in [0.25, 0.3) is 0 Å². The van der Waals surface area contributed by atoms with Gasteiger partial charge in [-0.2, -0.15) is 0 Å². The molecule has 0 atom stereocenters. The minimum absolute atomic E-state index is 0.0691. The lowest BCUT2D eigenvalue weighted by Gasteiger charge is -2.38. The van der Waals surface area contributed by atoms with E-state index in [9.17, 15) is 0 Å². The zero-order chi connectivity index (χ0) is 18.5. The van der Waals surface area contributed by atoms with Gasteiger partial charge < -0.3 is 0 Å². The van der Waals surface area contributed by atoms with E-state index in [4.69, 9.17) is 0 Å². The van der Waals surface area contributed by atoms with Crippen molar-refractivity contribution in [3.8, 4) is 0 Å². The van der Waals surface area contributed by atoms with Crippen molar-refractivity contribution in [3.05, 3.63) is 24.3 Å². The fourth-order valence-electron chi connectivity index (χ4n) is 6.04. The van der Waals surface area contributed by atoms with Crippen LogP contribution in [0.3, 0.4) is 0 Å². The number of hydrogen-bond acceptors (Lipinski definition) is 0. The van der Waals surface area contributed by atoms with Gasteiger partial charge in [0.15, 0.2) is 6.71 Å². The first-order valence-electron chi connectivity index (χ1n) is 11.5. The molecule has 2 fully saturated rings. The molecule has 0 amide bonds. The SMILES string of the molecule is CC(C)P(c1ccccc1B(C1CCCCC1)C1CCCCC1)C(C)C. The fourth-order valence-corrected chi connectivity index (χ4v) is 9.12. The van der Waals surface area contributed by atoms with Gasteiger partial charge in [-0.25, -0.2) is 0 Å². The predicted molar refractivity (Wildman–Crippen MR) is 122 cm³/mol. The van der Waals surface area contributed by atoms with Gasteiger partial charge in [-0.3, -0.25) is 0 Å². The Morgan fingerprint density at radius 3 is 1.65 bits per heavy atom. The lowest BCUT2D eigenvalue weighted by atomic mass is 9.27. The molecule has 0 bridgehead atoms. The van der Waals surface area contributed by atoms with Crippen LogP contribution in [-0.2, 0) is 0 Å². The van der Waals surface area contributed by atoms with E-state index in [1.54, 1.807) is 10.8 Å². The predicted octanol–water partition coefficient (Wildman–Crippen LogP) is 6.98. The van der Waals surface area contributed by atoms with Gasteiger partial charge in [-0.05, 0) is 16.6 Å². The van der Waals surface area contributed by atoms with E-state index in [1.807, 2.05) is 0 Å². The van der Waals surface area contributed by atoms with Gasteiger partial charge >= 0.3 is 0 Å². The molecule has 0 spiro atoms. The van der Waals surface area contributed by atoms with Crippen molar-refractivity contribution >= 4 is 25.4 Å². The van der Waals surface area contributed by atoms with Crippen LogP contribution in [0.5, 0.6) is 0 Å². The van der Waals surface area contributed by atoms with Gasteiger partial charge in [0, 0.05) is 0 Å². The second-order valence-electron chi connectivity index (χ2n) is 9.48. The molecule has 0 aliphatic heterocycles. The number of rotatable bonds is 6. The first-order valence-corrected chi connectivity index (χ1v) is 12.9. The van der Waals surface area contributed by atoms with Crippen molar-refractivity contribution in [2.45, 2.75) is 115 Å². The molecule has 0 aromatic heterocycles. The molecule has 144 valence electrons. The van der Waals surface area contributed by atoms with E-state index >= 15 is 0 Å². The molecule has 2 aliphatic rings. The van der Waals surface area contributed by atoms with Crippen LogP contribution < -0.4 is 10.8 Å². The second-order valence-corrected chi connectivity index (χ2v) is 12.8. The Bertz CT molecular complexity index is 515. The molecule has 2 saturated carbocycles. The monoisotopic (exact) mass is 370 g/mol.